The minimum atomic E-state index is -0.216. The van der Waals surface area contributed by atoms with E-state index in [1.165, 1.54) is 5.56 Å². The molecule has 1 fully saturated rings. The van der Waals surface area contributed by atoms with Crippen LogP contribution in [0.1, 0.15) is 39.2 Å². The van der Waals surface area contributed by atoms with Crippen molar-refractivity contribution in [2.45, 2.75) is 40.5 Å². The zero-order chi connectivity index (χ0) is 17.0. The van der Waals surface area contributed by atoms with Gasteiger partial charge in [0.1, 0.15) is 0 Å². The van der Waals surface area contributed by atoms with Crippen LogP contribution < -0.4 is 4.90 Å². The monoisotopic (exact) mass is 311 g/mol. The Bertz CT molecular complexity index is 629. The Morgan fingerprint density at radius 1 is 1.09 bits per heavy atom. The van der Waals surface area contributed by atoms with Crippen LogP contribution in [0.5, 0.6) is 0 Å². The summed E-state index contributed by atoms with van der Waals surface area (Å²) in [5.41, 5.74) is 2.43. The molecular formula is C20H25NO2. The molecule has 0 amide bonds. The summed E-state index contributed by atoms with van der Waals surface area (Å²) in [5, 5.41) is 0. The Labute approximate surface area is 138 Å². The van der Waals surface area contributed by atoms with Crippen LogP contribution in [0.2, 0.25) is 0 Å². The number of hydrogen-bond donors (Lipinski definition) is 0. The fourth-order valence-corrected chi connectivity index (χ4v) is 2.82. The zero-order valence-electron chi connectivity index (χ0n) is 14.4. The Morgan fingerprint density at radius 2 is 1.65 bits per heavy atom. The van der Waals surface area contributed by atoms with E-state index in [0.29, 0.717) is 18.4 Å². The Morgan fingerprint density at radius 3 is 2.17 bits per heavy atom. The maximum absolute atomic E-state index is 12.1. The molecule has 0 saturated heterocycles. The van der Waals surface area contributed by atoms with Crippen molar-refractivity contribution in [1.29, 1.82) is 0 Å². The number of ketones is 2. The van der Waals surface area contributed by atoms with Gasteiger partial charge >= 0.3 is 0 Å². The summed E-state index contributed by atoms with van der Waals surface area (Å²) in [6.07, 6.45) is 6.25. The van der Waals surface area contributed by atoms with Gasteiger partial charge in [-0.2, -0.15) is 0 Å². The lowest BCUT2D eigenvalue weighted by molar-refractivity contribution is -0.127. The first-order valence-electron chi connectivity index (χ1n) is 8.10. The highest BCUT2D eigenvalue weighted by Gasteiger charge is 2.35. The van der Waals surface area contributed by atoms with Gasteiger partial charge in [0.05, 0.1) is 5.57 Å². The molecule has 0 heterocycles. The van der Waals surface area contributed by atoms with E-state index in [0.717, 1.165) is 12.2 Å². The number of rotatable bonds is 4. The quantitative estimate of drug-likeness (QED) is 0.617. The molecule has 0 unspecified atom stereocenters. The van der Waals surface area contributed by atoms with E-state index in [4.69, 9.17) is 0 Å². The lowest BCUT2D eigenvalue weighted by Crippen LogP contribution is -2.31. The third-order valence-electron chi connectivity index (χ3n) is 4.11. The summed E-state index contributed by atoms with van der Waals surface area (Å²) < 4.78 is 0. The van der Waals surface area contributed by atoms with E-state index in [1.807, 2.05) is 20.0 Å². The summed E-state index contributed by atoms with van der Waals surface area (Å²) in [7, 11) is 0. The molecule has 0 radical (unpaired) electrons. The molecule has 0 aromatic heterocycles. The van der Waals surface area contributed by atoms with Crippen molar-refractivity contribution in [3.05, 3.63) is 53.8 Å². The highest BCUT2D eigenvalue weighted by Crippen LogP contribution is 2.33. The molecule has 0 bridgehead atoms. The number of benzene rings is 1. The predicted octanol–water partition coefficient (Wildman–Crippen LogP) is 4.22. The first-order chi connectivity index (χ1) is 10.8. The lowest BCUT2D eigenvalue weighted by atomic mass is 9.74. The third kappa shape index (κ3) is 4.41. The van der Waals surface area contributed by atoms with E-state index in [2.05, 4.69) is 43.0 Å². The minimum Gasteiger partial charge on any atom is -0.348 e. The summed E-state index contributed by atoms with van der Waals surface area (Å²) in [5.74, 6) is -0.0939. The van der Waals surface area contributed by atoms with Crippen molar-refractivity contribution >= 4 is 17.3 Å². The fraction of sp³-hybridized carbons (Fsp3) is 0.400. The summed E-state index contributed by atoms with van der Waals surface area (Å²) in [4.78, 5) is 26.4. The van der Waals surface area contributed by atoms with Crippen LogP contribution >= 0.6 is 0 Å². The third-order valence-corrected chi connectivity index (χ3v) is 4.11. The van der Waals surface area contributed by atoms with Crippen LogP contribution in [0.4, 0.5) is 5.69 Å². The van der Waals surface area contributed by atoms with Gasteiger partial charge in [-0.25, -0.2) is 0 Å². The van der Waals surface area contributed by atoms with Crippen molar-refractivity contribution in [2.24, 2.45) is 5.41 Å². The maximum atomic E-state index is 12.1. The second-order valence-corrected chi connectivity index (χ2v) is 6.91. The SMILES string of the molecule is CCN(/C=C/C=C1C(=O)CC(C)(C)CC1=O)c1ccc(C)cc1. The minimum absolute atomic E-state index is 0.0470. The molecule has 1 aromatic carbocycles. The molecule has 1 aliphatic rings. The second kappa shape index (κ2) is 6.95. The van der Waals surface area contributed by atoms with Crippen molar-refractivity contribution in [3.8, 4) is 0 Å². The van der Waals surface area contributed by atoms with Crippen LogP contribution in [0.3, 0.4) is 0 Å². The standard InChI is InChI=1S/C20H25NO2/c1-5-21(16-10-8-15(2)9-11-16)12-6-7-17-18(22)13-20(3,4)14-19(17)23/h6-12H,5,13-14H2,1-4H3/b12-6+. The molecule has 122 valence electrons. The lowest BCUT2D eigenvalue weighted by Gasteiger charge is -2.28. The molecular weight excluding hydrogens is 286 g/mol. The van der Waals surface area contributed by atoms with Crippen LogP contribution in [0.15, 0.2) is 48.2 Å². The summed E-state index contributed by atoms with van der Waals surface area (Å²) >= 11 is 0. The number of Topliss-reactive ketones (excluding diaryl/α,β-unsaturated/α-hetero) is 2. The Kier molecular flexibility index (Phi) is 5.19. The van der Waals surface area contributed by atoms with Crippen molar-refractivity contribution in [1.82, 2.24) is 0 Å². The number of carbonyl (C=O) groups excluding carboxylic acids is 2. The molecule has 3 nitrogen and oxygen atoms in total. The topological polar surface area (TPSA) is 37.4 Å². The average Bonchev–Trinajstić information content (AvgIpc) is 2.46. The predicted molar refractivity (Wildman–Crippen MR) is 94.5 cm³/mol. The van der Waals surface area contributed by atoms with Gasteiger partial charge in [-0.1, -0.05) is 31.5 Å². The van der Waals surface area contributed by atoms with E-state index < -0.39 is 0 Å². The number of nitrogens with zero attached hydrogens (tertiary/aromatic N) is 1. The highest BCUT2D eigenvalue weighted by atomic mass is 16.1. The van der Waals surface area contributed by atoms with Crippen LogP contribution in [0.25, 0.3) is 0 Å². The van der Waals surface area contributed by atoms with Gasteiger partial charge in [0, 0.05) is 31.3 Å². The molecule has 23 heavy (non-hydrogen) atoms. The fourth-order valence-electron chi connectivity index (χ4n) is 2.82. The number of allylic oxidation sites excluding steroid dienone is 3. The maximum Gasteiger partial charge on any atom is 0.166 e. The van der Waals surface area contributed by atoms with Crippen LogP contribution in [-0.2, 0) is 9.59 Å². The molecule has 0 spiro atoms. The summed E-state index contributed by atoms with van der Waals surface area (Å²) in [6.45, 7) is 8.87. The molecule has 0 aliphatic heterocycles. The van der Waals surface area contributed by atoms with Gasteiger partial charge in [0.2, 0.25) is 0 Å². The zero-order valence-corrected chi connectivity index (χ0v) is 14.4. The molecule has 1 saturated carbocycles. The molecule has 1 aromatic rings. The van der Waals surface area contributed by atoms with E-state index in [1.54, 1.807) is 12.2 Å². The smallest absolute Gasteiger partial charge is 0.166 e. The van der Waals surface area contributed by atoms with Gasteiger partial charge in [-0.05, 0) is 43.5 Å². The Balaban J connectivity index is 2.14. The molecule has 2 rings (SSSR count). The Hall–Kier alpha value is -2.16. The van der Waals surface area contributed by atoms with Gasteiger partial charge in [-0.15, -0.1) is 0 Å². The molecule has 3 heteroatoms. The largest absolute Gasteiger partial charge is 0.348 e. The highest BCUT2D eigenvalue weighted by molar-refractivity contribution is 6.22. The first-order valence-corrected chi connectivity index (χ1v) is 8.10. The number of aryl methyl sites for hydroxylation is 1. The van der Waals surface area contributed by atoms with Gasteiger partial charge in [0.15, 0.2) is 11.6 Å². The first kappa shape index (κ1) is 17.2. The second-order valence-electron chi connectivity index (χ2n) is 6.91. The van der Waals surface area contributed by atoms with Crippen molar-refractivity contribution in [2.75, 3.05) is 11.4 Å². The van der Waals surface area contributed by atoms with E-state index in [9.17, 15) is 9.59 Å². The number of hydrogen-bond acceptors (Lipinski definition) is 3. The summed E-state index contributed by atoms with van der Waals surface area (Å²) in [6, 6.07) is 8.27. The van der Waals surface area contributed by atoms with Crippen LogP contribution in [-0.4, -0.2) is 18.1 Å². The van der Waals surface area contributed by atoms with E-state index in [-0.39, 0.29) is 17.0 Å². The van der Waals surface area contributed by atoms with Gasteiger partial charge in [-0.3, -0.25) is 9.59 Å². The average molecular weight is 311 g/mol. The van der Waals surface area contributed by atoms with Gasteiger partial charge in [0.25, 0.3) is 0 Å². The van der Waals surface area contributed by atoms with Crippen molar-refractivity contribution in [3.63, 3.8) is 0 Å². The van der Waals surface area contributed by atoms with Gasteiger partial charge < -0.3 is 4.90 Å². The molecule has 1 aliphatic carbocycles. The number of carbonyl (C=O) groups is 2. The van der Waals surface area contributed by atoms with Crippen LogP contribution in [0, 0.1) is 12.3 Å². The molecule has 0 N–H and O–H groups in total. The molecule has 0 atom stereocenters. The normalized spacial score (nSPS) is 17.7. The number of anilines is 1. The van der Waals surface area contributed by atoms with Crippen molar-refractivity contribution < 1.29 is 9.59 Å². The van der Waals surface area contributed by atoms with E-state index >= 15 is 0 Å².